The molecule has 18 heavy (non-hydrogen) atoms. The van der Waals surface area contributed by atoms with Crippen LogP contribution in [0.15, 0.2) is 18.2 Å². The van der Waals surface area contributed by atoms with E-state index in [0.29, 0.717) is 22.6 Å². The van der Waals surface area contributed by atoms with Crippen LogP contribution >= 0.6 is 23.2 Å². The van der Waals surface area contributed by atoms with Gasteiger partial charge in [-0.15, -0.1) is 0 Å². The van der Waals surface area contributed by atoms with Crippen LogP contribution < -0.4 is 0 Å². The summed E-state index contributed by atoms with van der Waals surface area (Å²) in [5.74, 6) is -0.755. The lowest BCUT2D eigenvalue weighted by Crippen LogP contribution is -2.28. The molecule has 1 N–H and O–H groups in total. The predicted octanol–water partition coefficient (Wildman–Crippen LogP) is 3.43. The number of benzene rings is 1. The number of halogens is 2. The molecule has 0 aliphatic heterocycles. The van der Waals surface area contributed by atoms with Crippen LogP contribution in [0.3, 0.4) is 0 Å². The highest BCUT2D eigenvalue weighted by molar-refractivity contribution is 6.42. The van der Waals surface area contributed by atoms with Crippen molar-refractivity contribution in [3.8, 4) is 0 Å². The Balaban J connectivity index is 1.99. The Bertz CT molecular complexity index is 447. The van der Waals surface area contributed by atoms with Crippen LogP contribution in [0.25, 0.3) is 0 Å². The number of aliphatic carboxylic acids is 1. The SMILES string of the molecule is O=C(O)CCN(Cc1ccc(Cl)c(Cl)c1)C1CC1. The fourth-order valence-corrected chi connectivity index (χ4v) is 2.26. The minimum atomic E-state index is -0.755. The Morgan fingerprint density at radius 1 is 1.33 bits per heavy atom. The third kappa shape index (κ3) is 3.87. The van der Waals surface area contributed by atoms with Crippen LogP contribution in [-0.2, 0) is 11.3 Å². The third-order valence-corrected chi connectivity index (χ3v) is 3.78. The van der Waals surface area contributed by atoms with Crippen molar-refractivity contribution in [2.24, 2.45) is 0 Å². The van der Waals surface area contributed by atoms with E-state index in [2.05, 4.69) is 4.90 Å². The molecular formula is C13H15Cl2NO2. The second kappa shape index (κ2) is 5.91. The molecule has 1 aromatic carbocycles. The molecule has 0 aromatic heterocycles. The Hall–Kier alpha value is -0.770. The molecule has 0 saturated heterocycles. The van der Waals surface area contributed by atoms with Gasteiger partial charge in [0.1, 0.15) is 0 Å². The van der Waals surface area contributed by atoms with Crippen LogP contribution in [0.2, 0.25) is 10.0 Å². The minimum absolute atomic E-state index is 0.178. The molecule has 0 atom stereocenters. The fourth-order valence-electron chi connectivity index (χ4n) is 1.94. The quantitative estimate of drug-likeness (QED) is 0.871. The van der Waals surface area contributed by atoms with Gasteiger partial charge in [-0.05, 0) is 30.5 Å². The standard InChI is InChI=1S/C13H15Cl2NO2/c14-11-4-1-9(7-12(11)15)8-16(10-2-3-10)6-5-13(17)18/h1,4,7,10H,2-3,5-6,8H2,(H,17,18). The van der Waals surface area contributed by atoms with Crippen molar-refractivity contribution in [2.75, 3.05) is 6.54 Å². The molecule has 1 aromatic rings. The van der Waals surface area contributed by atoms with E-state index in [1.807, 2.05) is 12.1 Å². The minimum Gasteiger partial charge on any atom is -0.481 e. The maximum Gasteiger partial charge on any atom is 0.304 e. The van der Waals surface area contributed by atoms with Gasteiger partial charge in [-0.25, -0.2) is 0 Å². The molecule has 0 bridgehead atoms. The van der Waals surface area contributed by atoms with Crippen molar-refractivity contribution in [3.05, 3.63) is 33.8 Å². The molecule has 98 valence electrons. The Kier molecular flexibility index (Phi) is 4.49. The zero-order valence-electron chi connectivity index (χ0n) is 9.90. The Morgan fingerprint density at radius 2 is 2.06 bits per heavy atom. The first-order valence-corrected chi connectivity index (χ1v) is 6.71. The fraction of sp³-hybridized carbons (Fsp3) is 0.462. The van der Waals surface area contributed by atoms with Crippen molar-refractivity contribution < 1.29 is 9.90 Å². The van der Waals surface area contributed by atoms with Gasteiger partial charge in [-0.1, -0.05) is 29.3 Å². The molecule has 1 saturated carbocycles. The third-order valence-electron chi connectivity index (χ3n) is 3.05. The van der Waals surface area contributed by atoms with Gasteiger partial charge in [-0.2, -0.15) is 0 Å². The maximum absolute atomic E-state index is 10.6. The lowest BCUT2D eigenvalue weighted by molar-refractivity contribution is -0.137. The van der Waals surface area contributed by atoms with E-state index in [-0.39, 0.29) is 6.42 Å². The zero-order chi connectivity index (χ0) is 13.1. The number of nitrogens with zero attached hydrogens (tertiary/aromatic N) is 1. The van der Waals surface area contributed by atoms with E-state index in [0.717, 1.165) is 24.9 Å². The molecule has 3 nitrogen and oxygen atoms in total. The van der Waals surface area contributed by atoms with Gasteiger partial charge in [0.15, 0.2) is 0 Å². The molecular weight excluding hydrogens is 273 g/mol. The van der Waals surface area contributed by atoms with Gasteiger partial charge >= 0.3 is 5.97 Å². The van der Waals surface area contributed by atoms with Crippen LogP contribution in [0.4, 0.5) is 0 Å². The molecule has 1 aliphatic rings. The summed E-state index contributed by atoms with van der Waals surface area (Å²) in [5.41, 5.74) is 1.07. The van der Waals surface area contributed by atoms with Gasteiger partial charge < -0.3 is 5.11 Å². The second-order valence-corrected chi connectivity index (χ2v) is 5.41. The van der Waals surface area contributed by atoms with Gasteiger partial charge in [0.2, 0.25) is 0 Å². The summed E-state index contributed by atoms with van der Waals surface area (Å²) in [7, 11) is 0. The topological polar surface area (TPSA) is 40.5 Å². The number of carbonyl (C=O) groups is 1. The average Bonchev–Trinajstić information content (AvgIpc) is 3.13. The lowest BCUT2D eigenvalue weighted by atomic mass is 10.2. The Labute approximate surface area is 116 Å². The molecule has 0 amide bonds. The van der Waals surface area contributed by atoms with E-state index < -0.39 is 5.97 Å². The van der Waals surface area contributed by atoms with Gasteiger partial charge in [0, 0.05) is 19.1 Å². The lowest BCUT2D eigenvalue weighted by Gasteiger charge is -2.21. The van der Waals surface area contributed by atoms with E-state index in [9.17, 15) is 4.79 Å². The molecule has 0 heterocycles. The van der Waals surface area contributed by atoms with E-state index in [1.54, 1.807) is 6.07 Å². The van der Waals surface area contributed by atoms with Crippen LogP contribution in [0, 0.1) is 0 Å². The molecule has 5 heteroatoms. The van der Waals surface area contributed by atoms with Crippen molar-refractivity contribution in [3.63, 3.8) is 0 Å². The van der Waals surface area contributed by atoms with Gasteiger partial charge in [0.05, 0.1) is 16.5 Å². The normalized spacial score (nSPS) is 15.1. The summed E-state index contributed by atoms with van der Waals surface area (Å²) in [6.45, 7) is 1.31. The first-order chi connectivity index (χ1) is 8.56. The molecule has 0 spiro atoms. The summed E-state index contributed by atoms with van der Waals surface area (Å²) >= 11 is 11.8. The number of hydrogen-bond acceptors (Lipinski definition) is 2. The van der Waals surface area contributed by atoms with E-state index >= 15 is 0 Å². The monoisotopic (exact) mass is 287 g/mol. The number of carboxylic acids is 1. The van der Waals surface area contributed by atoms with Gasteiger partial charge in [0.25, 0.3) is 0 Å². The van der Waals surface area contributed by atoms with Crippen molar-refractivity contribution in [1.82, 2.24) is 4.90 Å². The number of hydrogen-bond donors (Lipinski definition) is 1. The highest BCUT2D eigenvalue weighted by Gasteiger charge is 2.29. The van der Waals surface area contributed by atoms with Crippen molar-refractivity contribution in [1.29, 1.82) is 0 Å². The number of rotatable bonds is 6. The Morgan fingerprint density at radius 3 is 2.61 bits per heavy atom. The zero-order valence-corrected chi connectivity index (χ0v) is 11.4. The molecule has 0 radical (unpaired) electrons. The summed E-state index contributed by atoms with van der Waals surface area (Å²) in [6.07, 6.45) is 2.49. The van der Waals surface area contributed by atoms with Crippen LogP contribution in [0.5, 0.6) is 0 Å². The highest BCUT2D eigenvalue weighted by Crippen LogP contribution is 2.30. The summed E-state index contributed by atoms with van der Waals surface area (Å²) in [5, 5.41) is 9.84. The average molecular weight is 288 g/mol. The molecule has 1 aliphatic carbocycles. The van der Waals surface area contributed by atoms with Crippen molar-refractivity contribution in [2.45, 2.75) is 31.8 Å². The van der Waals surface area contributed by atoms with E-state index in [1.165, 1.54) is 0 Å². The van der Waals surface area contributed by atoms with Gasteiger partial charge in [-0.3, -0.25) is 9.69 Å². The van der Waals surface area contributed by atoms with E-state index in [4.69, 9.17) is 28.3 Å². The highest BCUT2D eigenvalue weighted by atomic mass is 35.5. The largest absolute Gasteiger partial charge is 0.481 e. The summed E-state index contributed by atoms with van der Waals surface area (Å²) in [4.78, 5) is 12.8. The smallest absolute Gasteiger partial charge is 0.304 e. The predicted molar refractivity (Wildman–Crippen MR) is 72.1 cm³/mol. The summed E-state index contributed by atoms with van der Waals surface area (Å²) in [6, 6.07) is 6.09. The van der Waals surface area contributed by atoms with Crippen molar-refractivity contribution >= 4 is 29.2 Å². The summed E-state index contributed by atoms with van der Waals surface area (Å²) < 4.78 is 0. The molecule has 2 rings (SSSR count). The van der Waals surface area contributed by atoms with Crippen LogP contribution in [0.1, 0.15) is 24.8 Å². The first-order valence-electron chi connectivity index (χ1n) is 5.96. The van der Waals surface area contributed by atoms with Crippen LogP contribution in [-0.4, -0.2) is 28.6 Å². The number of carboxylic acid groups (broad SMARTS) is 1. The second-order valence-electron chi connectivity index (χ2n) is 4.59. The first kappa shape index (κ1) is 13.7. The maximum atomic E-state index is 10.6. The molecule has 0 unspecified atom stereocenters. The molecule has 1 fully saturated rings.